The molecule has 1 aliphatic rings. The Balaban J connectivity index is 1.55. The van der Waals surface area contributed by atoms with Crippen LogP contribution < -0.4 is 0 Å². The molecule has 0 spiro atoms. The van der Waals surface area contributed by atoms with Crippen molar-refractivity contribution >= 4 is 22.5 Å². The first-order valence-electron chi connectivity index (χ1n) is 8.39. The van der Waals surface area contributed by atoms with Crippen LogP contribution in [0.15, 0.2) is 24.3 Å². The summed E-state index contributed by atoms with van der Waals surface area (Å²) in [4.78, 5) is 5.85. The maximum atomic E-state index is 9.76. The molecule has 6 nitrogen and oxygen atoms in total. The number of aromatic amines is 1. The second-order valence-electron chi connectivity index (χ2n) is 6.61. The largest absolute Gasteiger partial charge is 0.393 e. The van der Waals surface area contributed by atoms with Crippen LogP contribution in [-0.2, 0) is 19.6 Å². The van der Waals surface area contributed by atoms with Crippen LogP contribution >= 0.6 is 11.6 Å². The lowest BCUT2D eigenvalue weighted by molar-refractivity contribution is 0.0915. The third-order valence-electron chi connectivity index (χ3n) is 4.92. The summed E-state index contributed by atoms with van der Waals surface area (Å²) >= 11 is 6.12. The van der Waals surface area contributed by atoms with Crippen molar-refractivity contribution in [2.45, 2.75) is 32.7 Å². The molecule has 0 fully saturated rings. The maximum Gasteiger partial charge on any atom is 0.121 e. The van der Waals surface area contributed by atoms with Gasteiger partial charge in [0.2, 0.25) is 0 Å². The number of rotatable bonds is 4. The quantitative estimate of drug-likeness (QED) is 0.667. The molecule has 3 heterocycles. The number of aryl methyl sites for hydroxylation is 1. The summed E-state index contributed by atoms with van der Waals surface area (Å²) in [5.74, 6) is 0. The minimum atomic E-state index is -0.910. The number of aliphatic hydroxyl groups excluding tert-OH is 2. The average Bonchev–Trinajstić information content (AvgIpc) is 3.16. The van der Waals surface area contributed by atoms with Crippen LogP contribution in [0.1, 0.15) is 28.7 Å². The summed E-state index contributed by atoms with van der Waals surface area (Å²) in [6.45, 7) is 5.06. The van der Waals surface area contributed by atoms with Crippen LogP contribution in [0.5, 0.6) is 0 Å². The molecular formula is C18H21ClN4O2. The lowest BCUT2D eigenvalue weighted by atomic mass is 10.1. The molecule has 4 rings (SSSR count). The first-order chi connectivity index (χ1) is 12.0. The van der Waals surface area contributed by atoms with Gasteiger partial charge < -0.3 is 15.2 Å². The Morgan fingerprint density at radius 2 is 2.16 bits per heavy atom. The molecule has 0 aliphatic carbocycles. The van der Waals surface area contributed by atoms with Crippen LogP contribution in [0.3, 0.4) is 0 Å². The van der Waals surface area contributed by atoms with Gasteiger partial charge in [-0.1, -0.05) is 11.6 Å². The second-order valence-corrected chi connectivity index (χ2v) is 7.05. The van der Waals surface area contributed by atoms with E-state index >= 15 is 0 Å². The zero-order chi connectivity index (χ0) is 17.6. The molecule has 132 valence electrons. The van der Waals surface area contributed by atoms with E-state index in [2.05, 4.69) is 21.9 Å². The second kappa shape index (κ2) is 6.46. The summed E-state index contributed by atoms with van der Waals surface area (Å²) in [7, 11) is 0. The minimum absolute atomic E-state index is 0.309. The first kappa shape index (κ1) is 16.6. The van der Waals surface area contributed by atoms with Crippen LogP contribution in [-0.4, -0.2) is 43.0 Å². The number of halogens is 1. The first-order valence-corrected chi connectivity index (χ1v) is 8.77. The smallest absolute Gasteiger partial charge is 0.121 e. The minimum Gasteiger partial charge on any atom is -0.393 e. The lowest BCUT2D eigenvalue weighted by Crippen LogP contribution is -2.33. The van der Waals surface area contributed by atoms with Gasteiger partial charge in [-0.15, -0.1) is 0 Å². The number of nitrogens with zero attached hydrogens (tertiary/aromatic N) is 3. The normalized spacial score (nSPS) is 16.3. The summed E-state index contributed by atoms with van der Waals surface area (Å²) in [5, 5.41) is 25.2. The topological polar surface area (TPSA) is 77.3 Å². The van der Waals surface area contributed by atoms with Crippen LogP contribution in [0, 0.1) is 6.92 Å². The Morgan fingerprint density at radius 1 is 1.32 bits per heavy atom. The number of aliphatic hydroxyl groups is 2. The van der Waals surface area contributed by atoms with E-state index in [1.165, 1.54) is 11.3 Å². The van der Waals surface area contributed by atoms with Crippen molar-refractivity contribution in [1.29, 1.82) is 0 Å². The van der Waals surface area contributed by atoms with Gasteiger partial charge in [0, 0.05) is 41.3 Å². The van der Waals surface area contributed by atoms with Gasteiger partial charge >= 0.3 is 0 Å². The van der Waals surface area contributed by atoms with E-state index in [0.29, 0.717) is 5.69 Å². The van der Waals surface area contributed by atoms with Crippen molar-refractivity contribution in [3.8, 4) is 0 Å². The number of H-pyrrole nitrogens is 1. The molecule has 0 saturated heterocycles. The van der Waals surface area contributed by atoms with Crippen molar-refractivity contribution in [3.05, 3.63) is 51.9 Å². The summed E-state index contributed by atoms with van der Waals surface area (Å²) in [5.41, 5.74) is 5.13. The van der Waals surface area contributed by atoms with E-state index in [-0.39, 0.29) is 6.61 Å². The number of aromatic nitrogens is 3. The Hall–Kier alpha value is -1.86. The maximum absolute atomic E-state index is 9.76. The Kier molecular flexibility index (Phi) is 4.29. The van der Waals surface area contributed by atoms with Gasteiger partial charge in [0.1, 0.15) is 6.10 Å². The molecule has 1 atom stereocenters. The Labute approximate surface area is 150 Å². The number of fused-ring (bicyclic) bond motifs is 2. The van der Waals surface area contributed by atoms with E-state index in [1.54, 1.807) is 0 Å². The molecule has 0 unspecified atom stereocenters. The van der Waals surface area contributed by atoms with E-state index in [1.807, 2.05) is 28.9 Å². The van der Waals surface area contributed by atoms with Gasteiger partial charge in [-0.2, -0.15) is 5.10 Å². The average molecular weight is 361 g/mol. The Morgan fingerprint density at radius 3 is 2.96 bits per heavy atom. The van der Waals surface area contributed by atoms with Gasteiger partial charge in [-0.05, 0) is 36.8 Å². The van der Waals surface area contributed by atoms with Crippen molar-refractivity contribution in [2.75, 3.05) is 13.2 Å². The molecule has 0 bridgehead atoms. The molecule has 2 aromatic heterocycles. The van der Waals surface area contributed by atoms with Crippen molar-refractivity contribution < 1.29 is 10.2 Å². The van der Waals surface area contributed by atoms with Crippen molar-refractivity contribution in [1.82, 2.24) is 19.7 Å². The van der Waals surface area contributed by atoms with Crippen molar-refractivity contribution in [2.24, 2.45) is 0 Å². The molecule has 0 saturated carbocycles. The molecule has 7 heteroatoms. The molecule has 3 aromatic rings. The molecule has 3 N–H and O–H groups in total. The third kappa shape index (κ3) is 3.06. The van der Waals surface area contributed by atoms with Gasteiger partial charge in [-0.3, -0.25) is 9.58 Å². The highest BCUT2D eigenvalue weighted by atomic mass is 35.5. The molecular weight excluding hydrogens is 340 g/mol. The molecule has 0 amide bonds. The fourth-order valence-electron chi connectivity index (χ4n) is 3.47. The standard InChI is InChI=1S/C18H21ClN4O2/c1-11-14-6-12(19)2-3-15(14)20-17(11)9-22-4-5-23-13(8-22)7-16(21-23)18(25)10-24/h2-3,6-7,18,20,24-25H,4-5,8-10H2,1H3/t18-/m1/s1. The number of hydrogen-bond donors (Lipinski definition) is 3. The summed E-state index contributed by atoms with van der Waals surface area (Å²) in [6.07, 6.45) is -0.910. The van der Waals surface area contributed by atoms with Gasteiger partial charge in [0.05, 0.1) is 24.5 Å². The third-order valence-corrected chi connectivity index (χ3v) is 5.15. The fourth-order valence-corrected chi connectivity index (χ4v) is 3.64. The molecule has 1 aromatic carbocycles. The zero-order valence-corrected chi connectivity index (χ0v) is 14.8. The highest BCUT2D eigenvalue weighted by molar-refractivity contribution is 6.31. The Bertz CT molecular complexity index is 917. The van der Waals surface area contributed by atoms with E-state index < -0.39 is 6.10 Å². The molecule has 25 heavy (non-hydrogen) atoms. The summed E-state index contributed by atoms with van der Waals surface area (Å²) in [6, 6.07) is 7.80. The predicted molar refractivity (Wildman–Crippen MR) is 96.4 cm³/mol. The van der Waals surface area contributed by atoms with Crippen molar-refractivity contribution in [3.63, 3.8) is 0 Å². The monoisotopic (exact) mass is 360 g/mol. The number of hydrogen-bond acceptors (Lipinski definition) is 4. The van der Waals surface area contributed by atoms with Crippen LogP contribution in [0.2, 0.25) is 5.02 Å². The molecule has 1 aliphatic heterocycles. The van der Waals surface area contributed by atoms with E-state index in [4.69, 9.17) is 16.7 Å². The van der Waals surface area contributed by atoms with E-state index in [0.717, 1.165) is 47.8 Å². The number of nitrogens with one attached hydrogen (secondary N) is 1. The lowest BCUT2D eigenvalue weighted by Gasteiger charge is -2.27. The highest BCUT2D eigenvalue weighted by Crippen LogP contribution is 2.27. The van der Waals surface area contributed by atoms with E-state index in [9.17, 15) is 5.11 Å². The zero-order valence-electron chi connectivity index (χ0n) is 14.0. The number of benzene rings is 1. The van der Waals surface area contributed by atoms with Crippen LogP contribution in [0.25, 0.3) is 10.9 Å². The predicted octanol–water partition coefficient (Wildman–Crippen LogP) is 2.37. The fraction of sp³-hybridized carbons (Fsp3) is 0.389. The SMILES string of the molecule is Cc1c(CN2CCn3nc([C@H](O)CO)cc3C2)[nH]c2ccc(Cl)cc12. The highest BCUT2D eigenvalue weighted by Gasteiger charge is 2.22. The molecule has 0 radical (unpaired) electrons. The van der Waals surface area contributed by atoms with Gasteiger partial charge in [-0.25, -0.2) is 0 Å². The summed E-state index contributed by atoms with van der Waals surface area (Å²) < 4.78 is 1.92. The van der Waals surface area contributed by atoms with Gasteiger partial charge in [0.25, 0.3) is 0 Å². The van der Waals surface area contributed by atoms with Crippen LogP contribution in [0.4, 0.5) is 0 Å². The van der Waals surface area contributed by atoms with Gasteiger partial charge in [0.15, 0.2) is 0 Å².